The lowest BCUT2D eigenvalue weighted by Gasteiger charge is -2.09. The number of nitrogens with one attached hydrogen (secondary N) is 1. The van der Waals surface area contributed by atoms with Crippen molar-refractivity contribution < 1.29 is 9.53 Å². The molecular weight excluding hydrogens is 348 g/mol. The zero-order valence-electron chi connectivity index (χ0n) is 15.3. The summed E-state index contributed by atoms with van der Waals surface area (Å²) in [5, 5.41) is 5.00. The number of benzene rings is 2. The molecule has 0 radical (unpaired) electrons. The zero-order valence-corrected chi connectivity index (χ0v) is 16.1. The Kier molecular flexibility index (Phi) is 8.16. The molecule has 0 aliphatic rings. The van der Waals surface area contributed by atoms with Gasteiger partial charge in [-0.15, -0.1) is 0 Å². The molecule has 1 amide bonds. The predicted octanol–water partition coefficient (Wildman–Crippen LogP) is 5.13. The maximum Gasteiger partial charge on any atom is 0.277 e. The second kappa shape index (κ2) is 10.6. The number of aryl methyl sites for hydroxylation is 1. The zero-order chi connectivity index (χ0) is 18.8. The van der Waals surface area contributed by atoms with Crippen molar-refractivity contribution in [3.05, 3.63) is 64.7 Å². The molecule has 0 heterocycles. The van der Waals surface area contributed by atoms with E-state index in [4.69, 9.17) is 16.3 Å². The van der Waals surface area contributed by atoms with E-state index in [1.54, 1.807) is 18.2 Å². The molecule has 2 aromatic carbocycles. The van der Waals surface area contributed by atoms with Gasteiger partial charge in [-0.05, 0) is 49.1 Å². The molecular formula is C21H25ClN2O2. The van der Waals surface area contributed by atoms with Crippen LogP contribution in [-0.2, 0) is 4.79 Å². The van der Waals surface area contributed by atoms with E-state index in [1.165, 1.54) is 0 Å². The van der Waals surface area contributed by atoms with E-state index in [0.717, 1.165) is 42.5 Å². The summed E-state index contributed by atoms with van der Waals surface area (Å²) >= 11 is 5.99. The molecule has 0 atom stereocenters. The molecule has 26 heavy (non-hydrogen) atoms. The summed E-state index contributed by atoms with van der Waals surface area (Å²) < 4.78 is 5.50. The van der Waals surface area contributed by atoms with Gasteiger partial charge >= 0.3 is 0 Å². The quantitative estimate of drug-likeness (QED) is 0.377. The SMILES string of the molecule is CCCCCC(=NNC(=O)COc1ccc(Cl)c(C)c1)c1ccccc1. The van der Waals surface area contributed by atoms with Gasteiger partial charge in [0.15, 0.2) is 6.61 Å². The highest BCUT2D eigenvalue weighted by Crippen LogP contribution is 2.20. The van der Waals surface area contributed by atoms with E-state index in [1.807, 2.05) is 37.3 Å². The number of nitrogens with zero attached hydrogens (tertiary/aromatic N) is 1. The lowest BCUT2D eigenvalue weighted by atomic mass is 10.0. The summed E-state index contributed by atoms with van der Waals surface area (Å²) in [6, 6.07) is 15.2. The molecule has 0 spiro atoms. The van der Waals surface area contributed by atoms with E-state index >= 15 is 0 Å². The average Bonchev–Trinajstić information content (AvgIpc) is 2.66. The van der Waals surface area contributed by atoms with Crippen molar-refractivity contribution in [3.8, 4) is 5.75 Å². The van der Waals surface area contributed by atoms with Crippen molar-refractivity contribution in [1.29, 1.82) is 0 Å². The first-order valence-corrected chi connectivity index (χ1v) is 9.27. The molecule has 0 aliphatic carbocycles. The third-order valence-corrected chi connectivity index (χ3v) is 4.36. The number of amides is 1. The molecule has 0 aromatic heterocycles. The summed E-state index contributed by atoms with van der Waals surface area (Å²) in [4.78, 5) is 12.1. The second-order valence-electron chi connectivity index (χ2n) is 6.12. The Balaban J connectivity index is 1.94. The molecule has 5 heteroatoms. The van der Waals surface area contributed by atoms with Gasteiger partial charge in [0.2, 0.25) is 0 Å². The van der Waals surface area contributed by atoms with Crippen LogP contribution in [0.1, 0.15) is 43.7 Å². The highest BCUT2D eigenvalue weighted by Gasteiger charge is 2.07. The first kappa shape index (κ1) is 20.0. The Labute approximate surface area is 160 Å². The van der Waals surface area contributed by atoms with Crippen molar-refractivity contribution in [2.75, 3.05) is 6.61 Å². The van der Waals surface area contributed by atoms with Crippen LogP contribution in [0.15, 0.2) is 53.6 Å². The van der Waals surface area contributed by atoms with Crippen molar-refractivity contribution in [2.45, 2.75) is 39.5 Å². The third-order valence-electron chi connectivity index (χ3n) is 3.94. The number of carbonyl (C=O) groups is 1. The predicted molar refractivity (Wildman–Crippen MR) is 107 cm³/mol. The molecule has 0 fully saturated rings. The van der Waals surface area contributed by atoms with Crippen LogP contribution < -0.4 is 10.2 Å². The molecule has 0 unspecified atom stereocenters. The van der Waals surface area contributed by atoms with E-state index < -0.39 is 0 Å². The summed E-state index contributed by atoms with van der Waals surface area (Å²) in [6.45, 7) is 3.96. The maximum absolute atomic E-state index is 12.1. The largest absolute Gasteiger partial charge is 0.484 e. The van der Waals surface area contributed by atoms with Gasteiger partial charge in [-0.25, -0.2) is 5.43 Å². The molecule has 2 rings (SSSR count). The van der Waals surface area contributed by atoms with Gasteiger partial charge in [-0.2, -0.15) is 5.10 Å². The summed E-state index contributed by atoms with van der Waals surface area (Å²) in [5.41, 5.74) is 5.42. The topological polar surface area (TPSA) is 50.7 Å². The van der Waals surface area contributed by atoms with Gasteiger partial charge in [-0.3, -0.25) is 4.79 Å². The van der Waals surface area contributed by atoms with Crippen LogP contribution in [0.25, 0.3) is 0 Å². The van der Waals surface area contributed by atoms with Crippen LogP contribution in [-0.4, -0.2) is 18.2 Å². The first-order chi connectivity index (χ1) is 12.6. The fourth-order valence-electron chi connectivity index (χ4n) is 2.46. The fraction of sp³-hybridized carbons (Fsp3) is 0.333. The number of carbonyl (C=O) groups excluding carboxylic acids is 1. The number of hydrazone groups is 1. The maximum atomic E-state index is 12.1. The van der Waals surface area contributed by atoms with Crippen LogP contribution in [0.3, 0.4) is 0 Å². The van der Waals surface area contributed by atoms with Crippen molar-refractivity contribution in [2.24, 2.45) is 5.10 Å². The van der Waals surface area contributed by atoms with Crippen LogP contribution in [0.5, 0.6) is 5.75 Å². The van der Waals surface area contributed by atoms with Crippen LogP contribution in [0.4, 0.5) is 0 Å². The summed E-state index contributed by atoms with van der Waals surface area (Å²) in [6.07, 6.45) is 4.15. The smallest absolute Gasteiger partial charge is 0.277 e. The van der Waals surface area contributed by atoms with Gasteiger partial charge in [0.1, 0.15) is 5.75 Å². The molecule has 4 nitrogen and oxygen atoms in total. The van der Waals surface area contributed by atoms with Gasteiger partial charge in [-0.1, -0.05) is 61.7 Å². The standard InChI is InChI=1S/C21H25ClN2O2/c1-3-4-6-11-20(17-9-7-5-8-10-17)23-24-21(25)15-26-18-12-13-19(22)16(2)14-18/h5,7-10,12-14H,3-4,6,11,15H2,1-2H3,(H,24,25). The van der Waals surface area contributed by atoms with E-state index in [-0.39, 0.29) is 12.5 Å². The lowest BCUT2D eigenvalue weighted by Crippen LogP contribution is -2.26. The normalized spacial score (nSPS) is 11.3. The van der Waals surface area contributed by atoms with Crippen molar-refractivity contribution in [1.82, 2.24) is 5.43 Å². The average molecular weight is 373 g/mol. The Hall–Kier alpha value is -2.33. The summed E-state index contributed by atoms with van der Waals surface area (Å²) in [7, 11) is 0. The number of ether oxygens (including phenoxy) is 1. The number of hydrogen-bond donors (Lipinski definition) is 1. The van der Waals surface area contributed by atoms with Gasteiger partial charge < -0.3 is 4.74 Å². The molecule has 0 aliphatic heterocycles. The molecule has 0 saturated carbocycles. The van der Waals surface area contributed by atoms with Gasteiger partial charge in [0.05, 0.1) is 5.71 Å². The van der Waals surface area contributed by atoms with Crippen LogP contribution in [0, 0.1) is 6.92 Å². The minimum absolute atomic E-state index is 0.0956. The first-order valence-electron chi connectivity index (χ1n) is 8.90. The molecule has 1 N–H and O–H groups in total. The number of hydrogen-bond acceptors (Lipinski definition) is 3. The number of rotatable bonds is 9. The lowest BCUT2D eigenvalue weighted by molar-refractivity contribution is -0.123. The van der Waals surface area contributed by atoms with Gasteiger partial charge in [0, 0.05) is 5.02 Å². The molecule has 0 saturated heterocycles. The van der Waals surface area contributed by atoms with Crippen LogP contribution >= 0.6 is 11.6 Å². The second-order valence-corrected chi connectivity index (χ2v) is 6.52. The molecule has 138 valence electrons. The van der Waals surface area contributed by atoms with Crippen molar-refractivity contribution >= 4 is 23.2 Å². The minimum Gasteiger partial charge on any atom is -0.484 e. The molecule has 0 bridgehead atoms. The highest BCUT2D eigenvalue weighted by atomic mass is 35.5. The van der Waals surface area contributed by atoms with Crippen LogP contribution in [0.2, 0.25) is 5.02 Å². The summed E-state index contributed by atoms with van der Waals surface area (Å²) in [5.74, 6) is 0.318. The Morgan fingerprint density at radius 3 is 2.62 bits per heavy atom. The van der Waals surface area contributed by atoms with E-state index in [9.17, 15) is 4.79 Å². The monoisotopic (exact) mass is 372 g/mol. The number of halogens is 1. The van der Waals surface area contributed by atoms with E-state index in [2.05, 4.69) is 17.5 Å². The molecule has 2 aromatic rings. The number of unbranched alkanes of at least 4 members (excludes halogenated alkanes) is 2. The Morgan fingerprint density at radius 2 is 1.92 bits per heavy atom. The highest BCUT2D eigenvalue weighted by molar-refractivity contribution is 6.31. The van der Waals surface area contributed by atoms with Crippen molar-refractivity contribution in [3.63, 3.8) is 0 Å². The third kappa shape index (κ3) is 6.52. The fourth-order valence-corrected chi connectivity index (χ4v) is 2.57. The Morgan fingerprint density at radius 1 is 1.15 bits per heavy atom. The minimum atomic E-state index is -0.290. The van der Waals surface area contributed by atoms with Gasteiger partial charge in [0.25, 0.3) is 5.91 Å². The Bertz CT molecular complexity index is 745. The van der Waals surface area contributed by atoms with E-state index in [0.29, 0.717) is 10.8 Å².